The molecule has 4 nitrogen and oxygen atoms in total. The Labute approximate surface area is 108 Å². The first kappa shape index (κ1) is 13.1. The van der Waals surface area contributed by atoms with E-state index >= 15 is 0 Å². The third-order valence-electron chi connectivity index (χ3n) is 4.62. The first-order chi connectivity index (χ1) is 8.16. The van der Waals surface area contributed by atoms with Crippen LogP contribution in [0, 0.1) is 10.8 Å². The minimum Gasteiger partial charge on any atom is -0.366 e. The van der Waals surface area contributed by atoms with Crippen molar-refractivity contribution in [3.05, 3.63) is 22.2 Å². The van der Waals surface area contributed by atoms with Crippen LogP contribution in [0.5, 0.6) is 0 Å². The summed E-state index contributed by atoms with van der Waals surface area (Å²) >= 11 is 0. The van der Waals surface area contributed by atoms with Crippen molar-refractivity contribution >= 4 is 5.82 Å². The average molecular weight is 249 g/mol. The van der Waals surface area contributed by atoms with Gasteiger partial charge in [0.05, 0.1) is 0 Å². The average Bonchev–Trinajstić information content (AvgIpc) is 2.60. The van der Waals surface area contributed by atoms with Gasteiger partial charge in [0, 0.05) is 18.0 Å². The van der Waals surface area contributed by atoms with Crippen molar-refractivity contribution in [2.45, 2.75) is 53.5 Å². The Bertz CT molecular complexity index is 500. The van der Waals surface area contributed by atoms with Gasteiger partial charge in [0.2, 0.25) is 0 Å². The molecule has 1 heterocycles. The molecule has 0 saturated heterocycles. The van der Waals surface area contributed by atoms with Crippen LogP contribution in [0.1, 0.15) is 53.3 Å². The molecule has 2 N–H and O–H groups in total. The molecule has 0 aromatic carbocycles. The van der Waals surface area contributed by atoms with Gasteiger partial charge in [-0.05, 0) is 10.8 Å². The molecule has 1 aromatic rings. The molecule has 4 heteroatoms. The molecule has 0 aliphatic heterocycles. The summed E-state index contributed by atoms with van der Waals surface area (Å²) in [6.07, 6.45) is 0. The zero-order valence-corrected chi connectivity index (χ0v) is 12.1. The summed E-state index contributed by atoms with van der Waals surface area (Å²) in [5.41, 5.74) is 0.373. The van der Waals surface area contributed by atoms with E-state index in [0.29, 0.717) is 11.9 Å². The van der Waals surface area contributed by atoms with Crippen LogP contribution >= 0.6 is 0 Å². The molecule has 1 aromatic heterocycles. The van der Waals surface area contributed by atoms with E-state index in [4.69, 9.17) is 0 Å². The fourth-order valence-corrected chi connectivity index (χ4v) is 2.53. The van der Waals surface area contributed by atoms with E-state index < -0.39 is 0 Å². The molecule has 1 saturated carbocycles. The molecule has 1 aliphatic carbocycles. The number of hydrogen-bond acceptors (Lipinski definition) is 3. The standard InChI is InChI=1S/C14H23N3O/c1-8(2)11-15-9(7-10(18)17-11)16-12-13(3,4)14(12,5)6/h7-8,12H,1-6H3,(H2,15,16,17,18). The van der Waals surface area contributed by atoms with Gasteiger partial charge in [-0.15, -0.1) is 0 Å². The number of rotatable bonds is 3. The largest absolute Gasteiger partial charge is 0.366 e. The van der Waals surface area contributed by atoms with Crippen molar-refractivity contribution in [2.75, 3.05) is 5.32 Å². The molecule has 0 radical (unpaired) electrons. The Kier molecular flexibility index (Phi) is 2.80. The van der Waals surface area contributed by atoms with Crippen LogP contribution in [0.25, 0.3) is 0 Å². The smallest absolute Gasteiger partial charge is 0.252 e. The summed E-state index contributed by atoms with van der Waals surface area (Å²) in [4.78, 5) is 18.9. The number of aromatic nitrogens is 2. The molecule has 0 bridgehead atoms. The Morgan fingerprint density at radius 1 is 1.28 bits per heavy atom. The predicted octanol–water partition coefficient (Wildman–Crippen LogP) is 2.74. The zero-order valence-electron chi connectivity index (χ0n) is 12.1. The topological polar surface area (TPSA) is 57.8 Å². The van der Waals surface area contributed by atoms with Crippen molar-refractivity contribution < 1.29 is 0 Å². The summed E-state index contributed by atoms with van der Waals surface area (Å²) < 4.78 is 0. The number of anilines is 1. The maximum absolute atomic E-state index is 11.6. The first-order valence-corrected chi connectivity index (χ1v) is 6.54. The highest BCUT2D eigenvalue weighted by molar-refractivity contribution is 5.41. The van der Waals surface area contributed by atoms with Crippen molar-refractivity contribution in [1.82, 2.24) is 9.97 Å². The molecular weight excluding hydrogens is 226 g/mol. The van der Waals surface area contributed by atoms with E-state index in [-0.39, 0.29) is 22.3 Å². The molecule has 1 aliphatic rings. The van der Waals surface area contributed by atoms with Crippen molar-refractivity contribution in [3.8, 4) is 0 Å². The highest BCUT2D eigenvalue weighted by Gasteiger charge is 2.65. The second-order valence-electron chi connectivity index (χ2n) is 6.69. The van der Waals surface area contributed by atoms with Gasteiger partial charge < -0.3 is 10.3 Å². The maximum atomic E-state index is 11.6. The van der Waals surface area contributed by atoms with Gasteiger partial charge >= 0.3 is 0 Å². The van der Waals surface area contributed by atoms with Crippen molar-refractivity contribution in [1.29, 1.82) is 0 Å². The lowest BCUT2D eigenvalue weighted by Crippen LogP contribution is -2.18. The van der Waals surface area contributed by atoms with Crippen LogP contribution in [-0.4, -0.2) is 16.0 Å². The molecule has 18 heavy (non-hydrogen) atoms. The van der Waals surface area contributed by atoms with E-state index in [1.165, 1.54) is 6.07 Å². The summed E-state index contributed by atoms with van der Waals surface area (Å²) in [7, 11) is 0. The van der Waals surface area contributed by atoms with Gasteiger partial charge in [0.15, 0.2) is 0 Å². The molecule has 1 fully saturated rings. The van der Waals surface area contributed by atoms with Gasteiger partial charge in [-0.1, -0.05) is 41.5 Å². The lowest BCUT2D eigenvalue weighted by molar-refractivity contribution is 0.457. The van der Waals surface area contributed by atoms with Crippen LogP contribution in [0.3, 0.4) is 0 Å². The normalized spacial score (nSPS) is 21.1. The quantitative estimate of drug-likeness (QED) is 0.866. The van der Waals surface area contributed by atoms with Gasteiger partial charge in [0.25, 0.3) is 5.56 Å². The van der Waals surface area contributed by atoms with E-state index in [2.05, 4.69) is 43.0 Å². The Balaban J connectivity index is 2.24. The SMILES string of the molecule is CC(C)c1nc(NC2C(C)(C)C2(C)C)cc(=O)[nH]1. The van der Waals surface area contributed by atoms with Gasteiger partial charge in [-0.2, -0.15) is 0 Å². The monoisotopic (exact) mass is 249 g/mol. The van der Waals surface area contributed by atoms with Crippen LogP contribution in [-0.2, 0) is 0 Å². The molecule has 2 rings (SSSR count). The molecule has 0 spiro atoms. The highest BCUT2D eigenvalue weighted by atomic mass is 16.1. The second-order valence-corrected chi connectivity index (χ2v) is 6.69. The minimum absolute atomic E-state index is 0.0903. The van der Waals surface area contributed by atoms with E-state index in [1.54, 1.807) is 0 Å². The Hall–Kier alpha value is -1.32. The predicted molar refractivity (Wildman–Crippen MR) is 73.9 cm³/mol. The number of nitrogens with one attached hydrogen (secondary N) is 2. The number of nitrogens with zero attached hydrogens (tertiary/aromatic N) is 1. The minimum atomic E-state index is -0.0903. The molecule has 0 amide bonds. The Morgan fingerprint density at radius 2 is 1.83 bits per heavy atom. The van der Waals surface area contributed by atoms with Gasteiger partial charge in [0.1, 0.15) is 11.6 Å². The number of hydrogen-bond donors (Lipinski definition) is 2. The highest BCUT2D eigenvalue weighted by Crippen LogP contribution is 2.63. The van der Waals surface area contributed by atoms with Gasteiger partial charge in [-0.3, -0.25) is 4.79 Å². The van der Waals surface area contributed by atoms with Crippen LogP contribution < -0.4 is 10.9 Å². The van der Waals surface area contributed by atoms with Gasteiger partial charge in [-0.25, -0.2) is 4.98 Å². The van der Waals surface area contributed by atoms with Crippen LogP contribution in [0.15, 0.2) is 10.9 Å². The fourth-order valence-electron chi connectivity index (χ4n) is 2.53. The van der Waals surface area contributed by atoms with E-state index in [9.17, 15) is 4.79 Å². The summed E-state index contributed by atoms with van der Waals surface area (Å²) in [6, 6.07) is 1.90. The summed E-state index contributed by atoms with van der Waals surface area (Å²) in [6.45, 7) is 13.0. The lowest BCUT2D eigenvalue weighted by atomic mass is 10.0. The van der Waals surface area contributed by atoms with E-state index in [1.807, 2.05) is 13.8 Å². The second kappa shape index (κ2) is 3.84. The third kappa shape index (κ3) is 1.93. The number of aromatic amines is 1. The Morgan fingerprint density at radius 3 is 2.28 bits per heavy atom. The van der Waals surface area contributed by atoms with Crippen molar-refractivity contribution in [3.63, 3.8) is 0 Å². The third-order valence-corrected chi connectivity index (χ3v) is 4.62. The number of H-pyrrole nitrogens is 1. The molecule has 100 valence electrons. The van der Waals surface area contributed by atoms with Crippen LogP contribution in [0.2, 0.25) is 0 Å². The molecule has 0 unspecified atom stereocenters. The summed E-state index contributed by atoms with van der Waals surface area (Å²) in [5.74, 6) is 1.65. The molecule has 0 atom stereocenters. The zero-order chi connectivity index (χ0) is 13.7. The maximum Gasteiger partial charge on any atom is 0.252 e. The lowest BCUT2D eigenvalue weighted by Gasteiger charge is -2.10. The van der Waals surface area contributed by atoms with Crippen molar-refractivity contribution in [2.24, 2.45) is 10.8 Å². The fraction of sp³-hybridized carbons (Fsp3) is 0.714. The first-order valence-electron chi connectivity index (χ1n) is 6.54. The van der Waals surface area contributed by atoms with Crippen LogP contribution in [0.4, 0.5) is 5.82 Å². The molecular formula is C14H23N3O. The van der Waals surface area contributed by atoms with E-state index in [0.717, 1.165) is 5.82 Å². The summed E-state index contributed by atoms with van der Waals surface area (Å²) in [5, 5.41) is 3.40.